The highest BCUT2D eigenvalue weighted by atomic mass is 32.2. The summed E-state index contributed by atoms with van der Waals surface area (Å²) in [7, 11) is -3.00. The van der Waals surface area contributed by atoms with Gasteiger partial charge in [0.15, 0.2) is 15.5 Å². The summed E-state index contributed by atoms with van der Waals surface area (Å²) in [5.41, 5.74) is 4.17. The van der Waals surface area contributed by atoms with Gasteiger partial charge in [-0.2, -0.15) is 5.10 Å². The zero-order valence-electron chi connectivity index (χ0n) is 15.4. The quantitative estimate of drug-likeness (QED) is 0.871. The number of carbonyl (C=O) groups is 1. The first-order valence-corrected chi connectivity index (χ1v) is 10.9. The Morgan fingerprint density at radius 2 is 1.92 bits per heavy atom. The van der Waals surface area contributed by atoms with Crippen molar-refractivity contribution in [3.8, 4) is 0 Å². The second-order valence-corrected chi connectivity index (χ2v) is 9.01. The van der Waals surface area contributed by atoms with E-state index < -0.39 is 9.84 Å². The molecule has 2 heterocycles. The van der Waals surface area contributed by atoms with Crippen LogP contribution in [0.3, 0.4) is 0 Å². The summed E-state index contributed by atoms with van der Waals surface area (Å²) in [5.74, 6) is 0.0144. The Morgan fingerprint density at radius 1 is 1.27 bits per heavy atom. The summed E-state index contributed by atoms with van der Waals surface area (Å²) in [4.78, 5) is 12.8. The molecule has 1 atom stereocenters. The maximum Gasteiger partial charge on any atom is 0.276 e. The number of aryl methyl sites for hydroxylation is 3. The second-order valence-electron chi connectivity index (χ2n) is 6.78. The van der Waals surface area contributed by atoms with E-state index in [0.717, 1.165) is 35.3 Å². The minimum atomic E-state index is -3.00. The van der Waals surface area contributed by atoms with Gasteiger partial charge in [0.2, 0.25) is 0 Å². The van der Waals surface area contributed by atoms with Gasteiger partial charge in [0.05, 0.1) is 17.5 Å². The van der Waals surface area contributed by atoms with Crippen LogP contribution in [-0.2, 0) is 22.7 Å². The first-order valence-electron chi connectivity index (χ1n) is 9.03. The normalized spacial score (nSPS) is 18.8. The zero-order valence-corrected chi connectivity index (χ0v) is 16.3. The standard InChI is InChI=1S/C19H25N3O3S/c1-4-14-7-6-8-15(5-2)18(14)20-19(23)17-11-13(3)22(21-17)16-9-10-26(24,25)12-16/h6-8,11,16H,4-5,9-10,12H2,1-3H3,(H,20,23). The number of aromatic nitrogens is 2. The van der Waals surface area contributed by atoms with E-state index in [9.17, 15) is 13.2 Å². The van der Waals surface area contributed by atoms with Gasteiger partial charge in [-0.25, -0.2) is 8.42 Å². The average Bonchev–Trinajstić information content (AvgIpc) is 3.17. The topological polar surface area (TPSA) is 81.1 Å². The van der Waals surface area contributed by atoms with E-state index in [-0.39, 0.29) is 23.5 Å². The van der Waals surface area contributed by atoms with E-state index >= 15 is 0 Å². The number of nitrogens with one attached hydrogen (secondary N) is 1. The number of anilines is 1. The SMILES string of the molecule is CCc1cccc(CC)c1NC(=O)c1cc(C)n(C2CCS(=O)(=O)C2)n1. The number of rotatable bonds is 5. The van der Waals surface area contributed by atoms with Crippen molar-refractivity contribution in [3.63, 3.8) is 0 Å². The molecular formula is C19H25N3O3S. The van der Waals surface area contributed by atoms with Crippen LogP contribution in [0.4, 0.5) is 5.69 Å². The lowest BCUT2D eigenvalue weighted by Crippen LogP contribution is -2.18. The molecule has 0 bridgehead atoms. The van der Waals surface area contributed by atoms with Gasteiger partial charge >= 0.3 is 0 Å². The summed E-state index contributed by atoms with van der Waals surface area (Å²) in [5, 5.41) is 7.42. The van der Waals surface area contributed by atoms with Gasteiger partial charge in [-0.15, -0.1) is 0 Å². The largest absolute Gasteiger partial charge is 0.320 e. The highest BCUT2D eigenvalue weighted by molar-refractivity contribution is 7.91. The van der Waals surface area contributed by atoms with Crippen molar-refractivity contribution in [2.75, 3.05) is 16.8 Å². The Hall–Kier alpha value is -2.15. The van der Waals surface area contributed by atoms with Crippen molar-refractivity contribution in [3.05, 3.63) is 46.8 Å². The monoisotopic (exact) mass is 375 g/mol. The first kappa shape index (κ1) is 18.6. The van der Waals surface area contributed by atoms with Crippen molar-refractivity contribution >= 4 is 21.4 Å². The summed E-state index contributed by atoms with van der Waals surface area (Å²) in [6.45, 7) is 5.97. The van der Waals surface area contributed by atoms with Crippen LogP contribution in [0.1, 0.15) is 53.6 Å². The number of carbonyl (C=O) groups excluding carboxylic acids is 1. The molecule has 1 aromatic carbocycles. The maximum absolute atomic E-state index is 12.8. The number of amides is 1. The fraction of sp³-hybridized carbons (Fsp3) is 0.474. The molecule has 7 heteroatoms. The van der Waals surface area contributed by atoms with Gasteiger partial charge in [-0.1, -0.05) is 32.0 Å². The summed E-state index contributed by atoms with van der Waals surface area (Å²) in [6.07, 6.45) is 2.21. The lowest BCUT2D eigenvalue weighted by Gasteiger charge is -2.14. The molecule has 1 aliphatic rings. The molecule has 26 heavy (non-hydrogen) atoms. The van der Waals surface area contributed by atoms with Gasteiger partial charge < -0.3 is 5.32 Å². The Morgan fingerprint density at radius 3 is 2.46 bits per heavy atom. The highest BCUT2D eigenvalue weighted by Gasteiger charge is 2.31. The molecule has 0 spiro atoms. The molecule has 1 fully saturated rings. The molecule has 1 N–H and O–H groups in total. The van der Waals surface area contributed by atoms with Crippen molar-refractivity contribution < 1.29 is 13.2 Å². The van der Waals surface area contributed by atoms with E-state index in [1.165, 1.54) is 0 Å². The predicted molar refractivity (Wildman–Crippen MR) is 102 cm³/mol. The number of sulfone groups is 1. The zero-order chi connectivity index (χ0) is 18.9. The number of benzene rings is 1. The summed E-state index contributed by atoms with van der Waals surface area (Å²) >= 11 is 0. The second kappa shape index (κ2) is 7.23. The van der Waals surface area contributed by atoms with Crippen LogP contribution < -0.4 is 5.32 Å². The van der Waals surface area contributed by atoms with Crippen LogP contribution in [0.5, 0.6) is 0 Å². The van der Waals surface area contributed by atoms with Gasteiger partial charge in [-0.05, 0) is 43.4 Å². The minimum absolute atomic E-state index is 0.0925. The van der Waals surface area contributed by atoms with Crippen LogP contribution in [0.15, 0.2) is 24.3 Å². The Labute approximate surface area is 154 Å². The predicted octanol–water partition coefficient (Wildman–Crippen LogP) is 2.93. The van der Waals surface area contributed by atoms with Crippen molar-refractivity contribution in [1.29, 1.82) is 0 Å². The minimum Gasteiger partial charge on any atom is -0.320 e. The van der Waals surface area contributed by atoms with E-state index in [1.807, 2.05) is 25.1 Å². The lowest BCUT2D eigenvalue weighted by atomic mass is 10.0. The molecule has 1 saturated heterocycles. The molecule has 1 aromatic heterocycles. The highest BCUT2D eigenvalue weighted by Crippen LogP contribution is 2.26. The van der Waals surface area contributed by atoms with E-state index in [2.05, 4.69) is 24.3 Å². The Bertz CT molecular complexity index is 909. The van der Waals surface area contributed by atoms with E-state index in [4.69, 9.17) is 0 Å². The average molecular weight is 375 g/mol. The smallest absolute Gasteiger partial charge is 0.276 e. The maximum atomic E-state index is 12.8. The molecule has 0 aliphatic carbocycles. The number of para-hydroxylation sites is 1. The molecule has 1 unspecified atom stereocenters. The Kier molecular flexibility index (Phi) is 5.18. The van der Waals surface area contributed by atoms with Crippen molar-refractivity contribution in [1.82, 2.24) is 9.78 Å². The fourth-order valence-corrected chi connectivity index (χ4v) is 5.21. The van der Waals surface area contributed by atoms with Gasteiger partial charge in [0.25, 0.3) is 5.91 Å². The third kappa shape index (κ3) is 3.67. The third-order valence-electron chi connectivity index (χ3n) is 4.95. The molecule has 6 nitrogen and oxygen atoms in total. The molecule has 140 valence electrons. The molecule has 0 saturated carbocycles. The number of hydrogen-bond donors (Lipinski definition) is 1. The van der Waals surface area contributed by atoms with E-state index in [1.54, 1.807) is 10.7 Å². The van der Waals surface area contributed by atoms with Crippen molar-refractivity contribution in [2.24, 2.45) is 0 Å². The first-order chi connectivity index (χ1) is 12.3. The molecular weight excluding hydrogens is 350 g/mol. The summed E-state index contributed by atoms with van der Waals surface area (Å²) in [6, 6.07) is 7.58. The van der Waals surface area contributed by atoms with Crippen LogP contribution >= 0.6 is 0 Å². The number of hydrogen-bond acceptors (Lipinski definition) is 4. The van der Waals surface area contributed by atoms with Crippen molar-refractivity contribution in [2.45, 2.75) is 46.1 Å². The molecule has 1 amide bonds. The van der Waals surface area contributed by atoms with Gasteiger partial charge in [0.1, 0.15) is 0 Å². The van der Waals surface area contributed by atoms with Crippen LogP contribution in [0.2, 0.25) is 0 Å². The number of nitrogens with zero attached hydrogens (tertiary/aromatic N) is 2. The molecule has 1 aliphatic heterocycles. The van der Waals surface area contributed by atoms with Crippen LogP contribution in [-0.4, -0.2) is 35.6 Å². The van der Waals surface area contributed by atoms with Gasteiger partial charge in [0, 0.05) is 11.4 Å². The molecule has 3 rings (SSSR count). The van der Waals surface area contributed by atoms with Crippen LogP contribution in [0, 0.1) is 6.92 Å². The Balaban J connectivity index is 1.85. The van der Waals surface area contributed by atoms with Gasteiger partial charge in [-0.3, -0.25) is 9.48 Å². The fourth-order valence-electron chi connectivity index (χ4n) is 3.52. The molecule has 2 aromatic rings. The third-order valence-corrected chi connectivity index (χ3v) is 6.70. The molecule has 0 radical (unpaired) electrons. The van der Waals surface area contributed by atoms with Crippen LogP contribution in [0.25, 0.3) is 0 Å². The lowest BCUT2D eigenvalue weighted by molar-refractivity contribution is 0.102. The summed E-state index contributed by atoms with van der Waals surface area (Å²) < 4.78 is 25.1. The van der Waals surface area contributed by atoms with E-state index in [0.29, 0.717) is 12.1 Å².